The van der Waals surface area contributed by atoms with Gasteiger partial charge < -0.3 is 9.47 Å². The number of esters is 2. The molecule has 0 amide bonds. The van der Waals surface area contributed by atoms with Gasteiger partial charge in [0.25, 0.3) is 0 Å². The lowest BCUT2D eigenvalue weighted by atomic mass is 10.0. The fourth-order valence-electron chi connectivity index (χ4n) is 4.06. The molecule has 0 radical (unpaired) electrons. The van der Waals surface area contributed by atoms with E-state index >= 15 is 0 Å². The second-order valence-corrected chi connectivity index (χ2v) is 9.66. The number of hydrogen-bond acceptors (Lipinski definition) is 4. The van der Waals surface area contributed by atoms with E-state index in [4.69, 9.17) is 9.47 Å². The predicted molar refractivity (Wildman–Crippen MR) is 139 cm³/mol. The van der Waals surface area contributed by atoms with Crippen LogP contribution < -0.4 is 0 Å². The van der Waals surface area contributed by atoms with Crippen molar-refractivity contribution in [1.29, 1.82) is 0 Å². The number of ether oxygens (including phenoxy) is 2. The predicted octanol–water partition coefficient (Wildman–Crippen LogP) is 9.08. The fraction of sp³-hybridized carbons (Fsp3) is 0.931. The molecule has 0 spiro atoms. The van der Waals surface area contributed by atoms with Crippen LogP contribution in [0.5, 0.6) is 0 Å². The van der Waals surface area contributed by atoms with Crippen molar-refractivity contribution in [3.63, 3.8) is 0 Å². The number of hydrogen-bond donors (Lipinski definition) is 0. The molecule has 0 aliphatic carbocycles. The Hall–Kier alpha value is -1.06. The largest absolute Gasteiger partial charge is 0.466 e. The van der Waals surface area contributed by atoms with Crippen molar-refractivity contribution >= 4 is 11.9 Å². The van der Waals surface area contributed by atoms with Gasteiger partial charge in [0, 0.05) is 12.8 Å². The molecule has 0 heterocycles. The van der Waals surface area contributed by atoms with E-state index in [-0.39, 0.29) is 11.9 Å². The van der Waals surface area contributed by atoms with E-state index in [1.807, 2.05) is 0 Å². The van der Waals surface area contributed by atoms with Crippen molar-refractivity contribution < 1.29 is 19.1 Å². The van der Waals surface area contributed by atoms with Crippen LogP contribution in [0.25, 0.3) is 0 Å². The summed E-state index contributed by atoms with van der Waals surface area (Å²) in [7, 11) is 0. The Kier molecular flexibility index (Phi) is 26.3. The highest BCUT2D eigenvalue weighted by Gasteiger charge is 2.03. The summed E-state index contributed by atoms with van der Waals surface area (Å²) in [6, 6.07) is 0. The third kappa shape index (κ3) is 27.1. The van der Waals surface area contributed by atoms with Gasteiger partial charge in [-0.05, 0) is 25.7 Å². The van der Waals surface area contributed by atoms with Crippen molar-refractivity contribution in [1.82, 2.24) is 0 Å². The summed E-state index contributed by atoms with van der Waals surface area (Å²) in [6.07, 6.45) is 26.2. The summed E-state index contributed by atoms with van der Waals surface area (Å²) in [5.74, 6) is -0.0256. The van der Waals surface area contributed by atoms with Gasteiger partial charge in [0.1, 0.15) is 0 Å². The van der Waals surface area contributed by atoms with Gasteiger partial charge in [0.05, 0.1) is 13.2 Å². The molecule has 196 valence electrons. The van der Waals surface area contributed by atoms with Gasteiger partial charge in [-0.2, -0.15) is 0 Å². The number of rotatable bonds is 26. The Labute approximate surface area is 206 Å². The molecule has 0 atom stereocenters. The van der Waals surface area contributed by atoms with Crippen molar-refractivity contribution in [3.8, 4) is 0 Å². The van der Waals surface area contributed by atoms with Crippen LogP contribution in [-0.4, -0.2) is 25.2 Å². The van der Waals surface area contributed by atoms with Crippen LogP contribution in [-0.2, 0) is 19.1 Å². The van der Waals surface area contributed by atoms with Crippen LogP contribution >= 0.6 is 0 Å². The zero-order valence-corrected chi connectivity index (χ0v) is 22.3. The van der Waals surface area contributed by atoms with Crippen LogP contribution in [0, 0.1) is 0 Å². The summed E-state index contributed by atoms with van der Waals surface area (Å²) in [6.45, 7) is 5.63. The highest BCUT2D eigenvalue weighted by Crippen LogP contribution is 2.13. The van der Waals surface area contributed by atoms with Crippen LogP contribution in [0.4, 0.5) is 0 Å². The second-order valence-electron chi connectivity index (χ2n) is 9.66. The Bertz CT molecular complexity index is 384. The highest BCUT2D eigenvalue weighted by atomic mass is 16.5. The van der Waals surface area contributed by atoms with Gasteiger partial charge in [-0.3, -0.25) is 9.59 Å². The minimum absolute atomic E-state index is 0.0128. The van der Waals surface area contributed by atoms with Gasteiger partial charge in [0.2, 0.25) is 0 Å². The molecule has 0 aromatic rings. The molecule has 0 N–H and O–H groups in total. The van der Waals surface area contributed by atoms with Crippen molar-refractivity contribution in [2.75, 3.05) is 13.2 Å². The van der Waals surface area contributed by atoms with Crippen LogP contribution in [0.1, 0.15) is 162 Å². The van der Waals surface area contributed by atoms with E-state index in [1.54, 1.807) is 0 Å². The quantitative estimate of drug-likeness (QED) is 0.0938. The molecule has 0 saturated carbocycles. The summed E-state index contributed by atoms with van der Waals surface area (Å²) in [5.41, 5.74) is 0. The van der Waals surface area contributed by atoms with E-state index in [0.29, 0.717) is 26.1 Å². The monoisotopic (exact) mass is 468 g/mol. The minimum Gasteiger partial charge on any atom is -0.466 e. The van der Waals surface area contributed by atoms with Crippen LogP contribution in [0.15, 0.2) is 0 Å². The van der Waals surface area contributed by atoms with Gasteiger partial charge in [-0.1, -0.05) is 123 Å². The molecule has 0 saturated heterocycles. The van der Waals surface area contributed by atoms with Gasteiger partial charge in [-0.15, -0.1) is 0 Å². The molecule has 0 fully saturated rings. The van der Waals surface area contributed by atoms with Crippen LogP contribution in [0.2, 0.25) is 0 Å². The lowest BCUT2D eigenvalue weighted by Crippen LogP contribution is -2.05. The maximum Gasteiger partial charge on any atom is 0.305 e. The molecule has 0 aromatic carbocycles. The van der Waals surface area contributed by atoms with E-state index < -0.39 is 0 Å². The Morgan fingerprint density at radius 2 is 0.667 bits per heavy atom. The van der Waals surface area contributed by atoms with Gasteiger partial charge in [-0.25, -0.2) is 0 Å². The number of unbranched alkanes of at least 4 members (excludes halogenated alkanes) is 18. The maximum atomic E-state index is 11.7. The molecular formula is C29H56O4. The fourth-order valence-corrected chi connectivity index (χ4v) is 4.06. The number of carbonyl (C=O) groups excluding carboxylic acids is 2. The first-order valence-electron chi connectivity index (χ1n) is 14.5. The molecule has 4 nitrogen and oxygen atoms in total. The lowest BCUT2D eigenvalue weighted by Gasteiger charge is -2.06. The highest BCUT2D eigenvalue weighted by molar-refractivity contribution is 5.69. The standard InChI is InChI=1S/C29H56O4/c1-3-5-7-18-22-26-32-28(30)24-20-16-14-12-10-9-11-13-15-17-21-25-29(31)33-27-23-19-8-6-4-2/h3-27H2,1-2H3. The average Bonchev–Trinajstić information content (AvgIpc) is 2.81. The smallest absolute Gasteiger partial charge is 0.305 e. The Morgan fingerprint density at radius 3 is 1.00 bits per heavy atom. The second kappa shape index (κ2) is 27.2. The zero-order chi connectivity index (χ0) is 24.2. The molecular weight excluding hydrogens is 412 g/mol. The van der Waals surface area contributed by atoms with Crippen molar-refractivity contribution in [3.05, 3.63) is 0 Å². The lowest BCUT2D eigenvalue weighted by molar-refractivity contribution is -0.144. The molecule has 0 unspecified atom stereocenters. The summed E-state index contributed by atoms with van der Waals surface area (Å²) in [4.78, 5) is 23.4. The van der Waals surface area contributed by atoms with Gasteiger partial charge in [0.15, 0.2) is 0 Å². The molecule has 0 aliphatic rings. The van der Waals surface area contributed by atoms with Crippen molar-refractivity contribution in [2.24, 2.45) is 0 Å². The first-order valence-corrected chi connectivity index (χ1v) is 14.5. The zero-order valence-electron chi connectivity index (χ0n) is 22.3. The van der Waals surface area contributed by atoms with E-state index in [9.17, 15) is 9.59 Å². The van der Waals surface area contributed by atoms with Crippen molar-refractivity contribution in [2.45, 2.75) is 162 Å². The van der Waals surface area contributed by atoms with Gasteiger partial charge >= 0.3 is 11.9 Å². The third-order valence-electron chi connectivity index (χ3n) is 6.28. The average molecular weight is 469 g/mol. The molecule has 4 heteroatoms. The molecule has 33 heavy (non-hydrogen) atoms. The topological polar surface area (TPSA) is 52.6 Å². The Morgan fingerprint density at radius 1 is 0.394 bits per heavy atom. The van der Waals surface area contributed by atoms with E-state index in [1.165, 1.54) is 96.3 Å². The van der Waals surface area contributed by atoms with Crippen LogP contribution in [0.3, 0.4) is 0 Å². The Balaban J connectivity index is 3.20. The molecule has 0 aromatic heterocycles. The minimum atomic E-state index is -0.0128. The molecule has 0 rings (SSSR count). The first-order chi connectivity index (χ1) is 16.2. The number of carbonyl (C=O) groups is 2. The molecule has 0 aliphatic heterocycles. The summed E-state index contributed by atoms with van der Waals surface area (Å²) in [5, 5.41) is 0. The first kappa shape index (κ1) is 31.9. The third-order valence-corrected chi connectivity index (χ3v) is 6.28. The summed E-state index contributed by atoms with van der Waals surface area (Å²) >= 11 is 0. The normalized spacial score (nSPS) is 11.0. The van der Waals surface area contributed by atoms with E-state index in [2.05, 4.69) is 13.8 Å². The molecule has 0 bridgehead atoms. The SMILES string of the molecule is CCCCCCCOC(=O)CCCCCCCCCCCCCC(=O)OCCCCCCC. The maximum absolute atomic E-state index is 11.7. The van der Waals surface area contributed by atoms with E-state index in [0.717, 1.165) is 38.5 Å². The summed E-state index contributed by atoms with van der Waals surface area (Å²) < 4.78 is 10.6.